The van der Waals surface area contributed by atoms with Gasteiger partial charge in [0.2, 0.25) is 5.13 Å². The van der Waals surface area contributed by atoms with Crippen LogP contribution in [-0.4, -0.2) is 18.3 Å². The Morgan fingerprint density at radius 2 is 1.84 bits per heavy atom. The first kappa shape index (κ1) is 17.7. The van der Waals surface area contributed by atoms with Gasteiger partial charge in [-0.3, -0.25) is 5.43 Å². The number of aryl methyl sites for hydroxylation is 1. The zero-order chi connectivity index (χ0) is 17.8. The van der Waals surface area contributed by atoms with Gasteiger partial charge in [0, 0.05) is 10.4 Å². The molecule has 0 aliphatic carbocycles. The fourth-order valence-corrected chi connectivity index (χ4v) is 3.76. The predicted octanol–water partition coefficient (Wildman–Crippen LogP) is 5.88. The van der Waals surface area contributed by atoms with E-state index < -0.39 is 0 Å². The van der Waals surface area contributed by atoms with Crippen molar-refractivity contribution >= 4 is 45.9 Å². The van der Waals surface area contributed by atoms with Gasteiger partial charge >= 0.3 is 0 Å². The van der Waals surface area contributed by atoms with E-state index >= 15 is 0 Å². The van der Waals surface area contributed by atoms with Crippen molar-refractivity contribution in [2.24, 2.45) is 5.10 Å². The predicted molar refractivity (Wildman–Crippen MR) is 107 cm³/mol. The number of thiazole rings is 1. The lowest BCUT2D eigenvalue weighted by Gasteiger charge is -2.06. The third-order valence-electron chi connectivity index (χ3n) is 3.44. The first-order valence-corrected chi connectivity index (χ1v) is 9.00. The zero-order valence-corrected chi connectivity index (χ0v) is 15.9. The second-order valence-electron chi connectivity index (χ2n) is 5.18. The number of ether oxygens (including phenoxy) is 1. The molecular formula is C18H15Cl2N3OS. The van der Waals surface area contributed by atoms with Crippen LogP contribution in [0.15, 0.2) is 47.6 Å². The van der Waals surface area contributed by atoms with Gasteiger partial charge in [-0.05, 0) is 24.6 Å². The number of hydrogen-bond acceptors (Lipinski definition) is 5. The summed E-state index contributed by atoms with van der Waals surface area (Å²) < 4.78 is 5.13. The summed E-state index contributed by atoms with van der Waals surface area (Å²) in [5.74, 6) is 0.455. The number of anilines is 1. The van der Waals surface area contributed by atoms with E-state index in [-0.39, 0.29) is 0 Å². The molecule has 128 valence electrons. The number of nitrogens with zero attached hydrogens (tertiary/aromatic N) is 2. The normalized spacial score (nSPS) is 11.0. The fraction of sp³-hybridized carbons (Fsp3) is 0.111. The monoisotopic (exact) mass is 391 g/mol. The molecule has 0 amide bonds. The lowest BCUT2D eigenvalue weighted by molar-refractivity contribution is 0.415. The number of hydrogen-bond donors (Lipinski definition) is 1. The second-order valence-corrected chi connectivity index (χ2v) is 7.20. The molecule has 0 saturated carbocycles. The van der Waals surface area contributed by atoms with Gasteiger partial charge in [0.25, 0.3) is 0 Å². The molecule has 0 aliphatic heterocycles. The molecule has 0 aliphatic rings. The van der Waals surface area contributed by atoms with Gasteiger partial charge in [0.1, 0.15) is 0 Å². The van der Waals surface area contributed by atoms with E-state index in [9.17, 15) is 0 Å². The van der Waals surface area contributed by atoms with Crippen LogP contribution in [0.1, 0.15) is 10.4 Å². The molecule has 0 fully saturated rings. The summed E-state index contributed by atoms with van der Waals surface area (Å²) in [7, 11) is 1.53. The highest BCUT2D eigenvalue weighted by Gasteiger charge is 2.09. The molecule has 7 heteroatoms. The maximum Gasteiger partial charge on any atom is 0.204 e. The Kier molecular flexibility index (Phi) is 5.58. The van der Waals surface area contributed by atoms with Crippen molar-refractivity contribution in [2.45, 2.75) is 6.92 Å². The average molecular weight is 392 g/mol. The van der Waals surface area contributed by atoms with Gasteiger partial charge in [-0.25, -0.2) is 4.98 Å². The van der Waals surface area contributed by atoms with Gasteiger partial charge in [-0.1, -0.05) is 53.5 Å². The number of benzene rings is 2. The van der Waals surface area contributed by atoms with Crippen LogP contribution < -0.4 is 10.2 Å². The summed E-state index contributed by atoms with van der Waals surface area (Å²) in [6.45, 7) is 2.04. The molecule has 0 radical (unpaired) electrons. The van der Waals surface area contributed by atoms with Crippen LogP contribution in [0.3, 0.4) is 0 Å². The van der Waals surface area contributed by atoms with E-state index in [0.717, 1.165) is 26.8 Å². The van der Waals surface area contributed by atoms with E-state index in [4.69, 9.17) is 27.9 Å². The van der Waals surface area contributed by atoms with Crippen LogP contribution in [0.4, 0.5) is 5.13 Å². The van der Waals surface area contributed by atoms with Crippen molar-refractivity contribution in [3.63, 3.8) is 0 Å². The topological polar surface area (TPSA) is 46.5 Å². The molecule has 0 atom stereocenters. The Bertz CT molecular complexity index is 887. The van der Waals surface area contributed by atoms with Crippen molar-refractivity contribution in [1.29, 1.82) is 0 Å². The third-order valence-corrected chi connectivity index (χ3v) is 4.88. The van der Waals surface area contributed by atoms with Crippen molar-refractivity contribution in [3.05, 3.63) is 63.0 Å². The molecule has 1 heterocycles. The van der Waals surface area contributed by atoms with E-state index in [2.05, 4.69) is 15.5 Å². The van der Waals surface area contributed by atoms with E-state index in [1.54, 1.807) is 29.7 Å². The number of methoxy groups -OCH3 is 1. The first-order chi connectivity index (χ1) is 12.1. The van der Waals surface area contributed by atoms with E-state index in [0.29, 0.717) is 15.8 Å². The van der Waals surface area contributed by atoms with Crippen LogP contribution in [0, 0.1) is 6.92 Å². The minimum absolute atomic E-state index is 0.438. The maximum absolute atomic E-state index is 6.12. The summed E-state index contributed by atoms with van der Waals surface area (Å²) in [6, 6.07) is 13.5. The Morgan fingerprint density at radius 1 is 1.16 bits per heavy atom. The standard InChI is InChI=1S/C18H15Cl2N3OS/c1-11-16(13-6-4-3-5-7-13)22-18(25-11)23-21-10-12-8-14(19)17(24-2)15(20)9-12/h3-10H,1-2H3,(H,22,23)/b21-10-. The highest BCUT2D eigenvalue weighted by molar-refractivity contribution is 7.15. The molecule has 1 aromatic heterocycles. The number of nitrogens with one attached hydrogen (secondary N) is 1. The van der Waals surface area contributed by atoms with E-state index in [1.165, 1.54) is 7.11 Å². The first-order valence-electron chi connectivity index (χ1n) is 7.43. The number of rotatable bonds is 5. The number of aromatic nitrogens is 1. The molecule has 3 aromatic rings. The summed E-state index contributed by atoms with van der Waals surface area (Å²) in [5, 5.41) is 5.81. The summed E-state index contributed by atoms with van der Waals surface area (Å²) in [6.07, 6.45) is 1.64. The van der Waals surface area contributed by atoms with Crippen molar-refractivity contribution < 1.29 is 4.74 Å². The maximum atomic E-state index is 6.12. The Morgan fingerprint density at radius 3 is 2.48 bits per heavy atom. The second kappa shape index (κ2) is 7.87. The summed E-state index contributed by atoms with van der Waals surface area (Å²) in [4.78, 5) is 5.72. The molecular weight excluding hydrogens is 377 g/mol. The molecule has 2 aromatic carbocycles. The lowest BCUT2D eigenvalue weighted by atomic mass is 10.1. The molecule has 25 heavy (non-hydrogen) atoms. The molecule has 0 unspecified atom stereocenters. The van der Waals surface area contributed by atoms with Crippen LogP contribution in [0.2, 0.25) is 10.0 Å². The number of halogens is 2. The van der Waals surface area contributed by atoms with E-state index in [1.807, 2.05) is 37.3 Å². The zero-order valence-electron chi connectivity index (χ0n) is 13.6. The number of hydrazone groups is 1. The fourth-order valence-electron chi connectivity index (χ4n) is 2.32. The molecule has 0 saturated heterocycles. The SMILES string of the molecule is COc1c(Cl)cc(/C=N\Nc2nc(-c3ccccc3)c(C)s2)cc1Cl. The highest BCUT2D eigenvalue weighted by atomic mass is 35.5. The smallest absolute Gasteiger partial charge is 0.204 e. The van der Waals surface area contributed by atoms with Gasteiger partial charge in [-0.15, -0.1) is 11.3 Å². The van der Waals surface area contributed by atoms with Gasteiger partial charge in [-0.2, -0.15) is 5.10 Å². The van der Waals surface area contributed by atoms with Crippen LogP contribution in [-0.2, 0) is 0 Å². The van der Waals surface area contributed by atoms with Gasteiger partial charge in [0.05, 0.1) is 29.1 Å². The van der Waals surface area contributed by atoms with Crippen LogP contribution in [0.25, 0.3) is 11.3 Å². The van der Waals surface area contributed by atoms with Crippen LogP contribution in [0.5, 0.6) is 5.75 Å². The van der Waals surface area contributed by atoms with Crippen LogP contribution >= 0.6 is 34.5 Å². The summed E-state index contributed by atoms with van der Waals surface area (Å²) >= 11 is 13.8. The third kappa shape index (κ3) is 4.12. The molecule has 0 spiro atoms. The molecule has 4 nitrogen and oxygen atoms in total. The molecule has 0 bridgehead atoms. The Hall–Kier alpha value is -2.08. The minimum Gasteiger partial charge on any atom is -0.494 e. The quantitative estimate of drug-likeness (QED) is 0.436. The van der Waals surface area contributed by atoms with Crippen molar-refractivity contribution in [1.82, 2.24) is 4.98 Å². The Labute approximate surface area is 160 Å². The van der Waals surface area contributed by atoms with Crippen molar-refractivity contribution in [2.75, 3.05) is 12.5 Å². The highest BCUT2D eigenvalue weighted by Crippen LogP contribution is 2.33. The lowest BCUT2D eigenvalue weighted by Crippen LogP contribution is -1.92. The molecule has 3 rings (SSSR count). The van der Waals surface area contributed by atoms with Gasteiger partial charge < -0.3 is 4.74 Å². The van der Waals surface area contributed by atoms with Crippen molar-refractivity contribution in [3.8, 4) is 17.0 Å². The largest absolute Gasteiger partial charge is 0.494 e. The van der Waals surface area contributed by atoms with Gasteiger partial charge in [0.15, 0.2) is 5.75 Å². The molecule has 1 N–H and O–H groups in total. The minimum atomic E-state index is 0.438. The summed E-state index contributed by atoms with van der Waals surface area (Å²) in [5.41, 5.74) is 5.76. The average Bonchev–Trinajstić information content (AvgIpc) is 2.96. The Balaban J connectivity index is 1.75.